The molecule has 0 saturated heterocycles. The highest BCUT2D eigenvalue weighted by Crippen LogP contribution is 2.50. The van der Waals surface area contributed by atoms with E-state index in [0.717, 1.165) is 12.8 Å². The van der Waals surface area contributed by atoms with Crippen LogP contribution in [0.25, 0.3) is 0 Å². The predicted molar refractivity (Wildman–Crippen MR) is 61.0 cm³/mol. The number of hydrogen-bond acceptors (Lipinski definition) is 2. The molecule has 0 spiro atoms. The summed E-state index contributed by atoms with van der Waals surface area (Å²) in [7, 11) is 0. The van der Waals surface area contributed by atoms with E-state index in [1.807, 2.05) is 27.7 Å². The maximum absolute atomic E-state index is 11.6. The molecule has 16 heavy (non-hydrogen) atoms. The van der Waals surface area contributed by atoms with Crippen LogP contribution >= 0.6 is 0 Å². The minimum absolute atomic E-state index is 0.0917. The van der Waals surface area contributed by atoms with E-state index in [1.54, 1.807) is 0 Å². The Bertz CT molecular complexity index is 299. The number of amides is 1. The molecule has 0 aromatic rings. The van der Waals surface area contributed by atoms with Gasteiger partial charge in [-0.15, -0.1) is 0 Å². The first kappa shape index (κ1) is 13.0. The van der Waals surface area contributed by atoms with E-state index in [4.69, 9.17) is 0 Å². The van der Waals surface area contributed by atoms with Crippen molar-refractivity contribution in [3.8, 4) is 0 Å². The van der Waals surface area contributed by atoms with Crippen LogP contribution in [0.15, 0.2) is 0 Å². The molecular weight excluding hydrogens is 206 g/mol. The monoisotopic (exact) mass is 227 g/mol. The van der Waals surface area contributed by atoms with Gasteiger partial charge in [0.05, 0.1) is 0 Å². The summed E-state index contributed by atoms with van der Waals surface area (Å²) in [6, 6.07) is -0.0917. The number of carbonyl (C=O) groups is 2. The molecule has 0 bridgehead atoms. The van der Waals surface area contributed by atoms with Gasteiger partial charge in [0.2, 0.25) is 6.41 Å². The van der Waals surface area contributed by atoms with Gasteiger partial charge in [0.25, 0.3) is 0 Å². The molecular formula is C12H21NO3. The molecule has 1 fully saturated rings. The second kappa shape index (κ2) is 4.07. The quantitative estimate of drug-likeness (QED) is 0.746. The zero-order valence-corrected chi connectivity index (χ0v) is 10.5. The Balaban J connectivity index is 3.25. The summed E-state index contributed by atoms with van der Waals surface area (Å²) in [5.41, 5.74) is -1.41. The van der Waals surface area contributed by atoms with Crippen molar-refractivity contribution >= 4 is 12.4 Å². The first-order chi connectivity index (χ1) is 7.29. The summed E-state index contributed by atoms with van der Waals surface area (Å²) in [5, 5.41) is 9.55. The van der Waals surface area contributed by atoms with Gasteiger partial charge in [0.1, 0.15) is 5.54 Å². The van der Waals surface area contributed by atoms with Crippen molar-refractivity contribution in [2.75, 3.05) is 0 Å². The number of nitrogens with zero attached hydrogens (tertiary/aromatic N) is 1. The van der Waals surface area contributed by atoms with Crippen LogP contribution in [0, 0.1) is 5.41 Å². The standard InChI is InChI=1S/C12H21NO3/c1-9(2)13(8-14)12(10(15)16)7-5-6-11(12,3)4/h8-9H,5-7H2,1-4H3,(H,15,16). The van der Waals surface area contributed by atoms with Gasteiger partial charge in [-0.1, -0.05) is 13.8 Å². The highest BCUT2D eigenvalue weighted by Gasteiger charge is 2.58. The average Bonchev–Trinajstić information content (AvgIpc) is 2.43. The number of rotatable bonds is 4. The van der Waals surface area contributed by atoms with Crippen LogP contribution in [0.5, 0.6) is 0 Å². The van der Waals surface area contributed by atoms with E-state index in [0.29, 0.717) is 12.8 Å². The van der Waals surface area contributed by atoms with Gasteiger partial charge >= 0.3 is 5.97 Å². The Labute approximate surface area is 96.6 Å². The van der Waals surface area contributed by atoms with Crippen molar-refractivity contribution in [3.63, 3.8) is 0 Å². The summed E-state index contributed by atoms with van der Waals surface area (Å²) >= 11 is 0. The fourth-order valence-electron chi connectivity index (χ4n) is 2.97. The minimum Gasteiger partial charge on any atom is -0.479 e. The first-order valence-electron chi connectivity index (χ1n) is 5.77. The van der Waals surface area contributed by atoms with E-state index in [9.17, 15) is 14.7 Å². The van der Waals surface area contributed by atoms with Crippen molar-refractivity contribution in [1.29, 1.82) is 0 Å². The minimum atomic E-state index is -1.04. The maximum Gasteiger partial charge on any atom is 0.330 e. The van der Waals surface area contributed by atoms with Gasteiger partial charge in [-0.2, -0.15) is 0 Å². The van der Waals surface area contributed by atoms with Gasteiger partial charge in [-0.05, 0) is 38.5 Å². The summed E-state index contributed by atoms with van der Waals surface area (Å²) < 4.78 is 0. The molecule has 4 heteroatoms. The molecule has 1 atom stereocenters. The molecule has 1 aliphatic carbocycles. The molecule has 1 amide bonds. The molecule has 0 radical (unpaired) electrons. The molecule has 0 aliphatic heterocycles. The fraction of sp³-hybridized carbons (Fsp3) is 0.833. The third kappa shape index (κ3) is 1.60. The largest absolute Gasteiger partial charge is 0.479 e. The molecule has 0 aromatic carbocycles. The lowest BCUT2D eigenvalue weighted by molar-refractivity contribution is -0.164. The SMILES string of the molecule is CC(C)N(C=O)C1(C(=O)O)CCCC1(C)C. The Kier molecular flexibility index (Phi) is 3.31. The van der Waals surface area contributed by atoms with Crippen molar-refractivity contribution in [2.45, 2.75) is 58.5 Å². The Morgan fingerprint density at radius 3 is 2.19 bits per heavy atom. The second-order valence-electron chi connectivity index (χ2n) is 5.51. The molecule has 1 saturated carbocycles. The number of carbonyl (C=O) groups excluding carboxylic acids is 1. The smallest absolute Gasteiger partial charge is 0.330 e. The van der Waals surface area contributed by atoms with E-state index >= 15 is 0 Å². The van der Waals surface area contributed by atoms with Crippen molar-refractivity contribution in [2.24, 2.45) is 5.41 Å². The summed E-state index contributed by atoms with van der Waals surface area (Å²) in [4.78, 5) is 24.3. The summed E-state index contributed by atoms with van der Waals surface area (Å²) in [5.74, 6) is -0.879. The van der Waals surface area contributed by atoms with E-state index in [-0.39, 0.29) is 11.5 Å². The van der Waals surface area contributed by atoms with E-state index in [1.165, 1.54) is 4.90 Å². The Morgan fingerprint density at radius 2 is 1.94 bits per heavy atom. The number of carboxylic acid groups (broad SMARTS) is 1. The van der Waals surface area contributed by atoms with Gasteiger partial charge in [0.15, 0.2) is 0 Å². The molecule has 1 N–H and O–H groups in total. The fourth-order valence-corrected chi connectivity index (χ4v) is 2.97. The zero-order chi connectivity index (χ0) is 12.6. The Morgan fingerprint density at radius 1 is 1.38 bits per heavy atom. The predicted octanol–water partition coefficient (Wildman–Crippen LogP) is 1.89. The molecule has 1 aliphatic rings. The highest BCUT2D eigenvalue weighted by atomic mass is 16.4. The van der Waals surface area contributed by atoms with Crippen LogP contribution in [-0.4, -0.2) is 34.0 Å². The molecule has 0 heterocycles. The average molecular weight is 227 g/mol. The van der Waals surface area contributed by atoms with E-state index in [2.05, 4.69) is 0 Å². The van der Waals surface area contributed by atoms with Crippen LogP contribution in [-0.2, 0) is 9.59 Å². The molecule has 1 rings (SSSR count). The van der Waals surface area contributed by atoms with Crippen molar-refractivity contribution < 1.29 is 14.7 Å². The number of aliphatic carboxylic acids is 1. The lowest BCUT2D eigenvalue weighted by Gasteiger charge is -2.46. The van der Waals surface area contributed by atoms with Crippen LogP contribution in [0.3, 0.4) is 0 Å². The number of carboxylic acids is 1. The topological polar surface area (TPSA) is 57.6 Å². The van der Waals surface area contributed by atoms with Crippen LogP contribution < -0.4 is 0 Å². The first-order valence-corrected chi connectivity index (χ1v) is 5.77. The van der Waals surface area contributed by atoms with Gasteiger partial charge in [-0.3, -0.25) is 4.79 Å². The van der Waals surface area contributed by atoms with Gasteiger partial charge < -0.3 is 10.0 Å². The summed E-state index contributed by atoms with van der Waals surface area (Å²) in [6.07, 6.45) is 2.94. The van der Waals surface area contributed by atoms with Crippen LogP contribution in [0.1, 0.15) is 47.0 Å². The van der Waals surface area contributed by atoms with Crippen molar-refractivity contribution in [3.05, 3.63) is 0 Å². The Hall–Kier alpha value is -1.06. The normalized spacial score (nSPS) is 28.1. The van der Waals surface area contributed by atoms with Crippen molar-refractivity contribution in [1.82, 2.24) is 4.90 Å². The lowest BCUT2D eigenvalue weighted by atomic mass is 9.73. The molecule has 4 nitrogen and oxygen atoms in total. The lowest BCUT2D eigenvalue weighted by Crippen LogP contribution is -2.62. The molecule has 1 unspecified atom stereocenters. The van der Waals surface area contributed by atoms with Gasteiger partial charge in [0, 0.05) is 6.04 Å². The zero-order valence-electron chi connectivity index (χ0n) is 10.5. The van der Waals surface area contributed by atoms with Gasteiger partial charge in [-0.25, -0.2) is 4.79 Å². The third-order valence-electron chi connectivity index (χ3n) is 3.92. The third-order valence-corrected chi connectivity index (χ3v) is 3.92. The second-order valence-corrected chi connectivity index (χ2v) is 5.51. The highest BCUT2D eigenvalue weighted by molar-refractivity contribution is 5.83. The van der Waals surface area contributed by atoms with Crippen LogP contribution in [0.4, 0.5) is 0 Å². The molecule has 0 aromatic heterocycles. The summed E-state index contributed by atoms with van der Waals surface area (Å²) in [6.45, 7) is 7.58. The number of hydrogen-bond donors (Lipinski definition) is 1. The van der Waals surface area contributed by atoms with Crippen LogP contribution in [0.2, 0.25) is 0 Å². The van der Waals surface area contributed by atoms with E-state index < -0.39 is 11.5 Å². The molecule has 92 valence electrons. The maximum atomic E-state index is 11.6.